The van der Waals surface area contributed by atoms with Crippen LogP contribution in [0.25, 0.3) is 11.5 Å². The summed E-state index contributed by atoms with van der Waals surface area (Å²) in [5, 5.41) is 15.5. The summed E-state index contributed by atoms with van der Waals surface area (Å²) < 4.78 is 73.0. The number of benzene rings is 1. The SMILES string of the molecule is C=C(/C=C(\C=C/C)Nc1nnc(-c2cccc(Oc3ccncc3S(N)(=O)=O)c2)o1)C(F)(F)F. The summed E-state index contributed by atoms with van der Waals surface area (Å²) in [7, 11) is -4.07. The van der Waals surface area contributed by atoms with Crippen molar-refractivity contribution in [1.29, 1.82) is 0 Å². The van der Waals surface area contributed by atoms with E-state index in [1.54, 1.807) is 25.1 Å². The molecule has 3 aromatic rings. The van der Waals surface area contributed by atoms with E-state index in [0.29, 0.717) is 5.56 Å². The van der Waals surface area contributed by atoms with Crippen LogP contribution in [0.1, 0.15) is 6.92 Å². The Morgan fingerprint density at radius 2 is 2.03 bits per heavy atom. The van der Waals surface area contributed by atoms with Crippen LogP contribution in [0, 0.1) is 0 Å². The van der Waals surface area contributed by atoms with E-state index in [1.165, 1.54) is 30.5 Å². The fourth-order valence-electron chi connectivity index (χ4n) is 2.57. The van der Waals surface area contributed by atoms with E-state index in [-0.39, 0.29) is 34.0 Å². The van der Waals surface area contributed by atoms with E-state index in [1.807, 2.05) is 0 Å². The van der Waals surface area contributed by atoms with Crippen molar-refractivity contribution in [2.24, 2.45) is 5.14 Å². The molecule has 0 fully saturated rings. The van der Waals surface area contributed by atoms with Crippen LogP contribution >= 0.6 is 0 Å². The maximum atomic E-state index is 12.8. The van der Waals surface area contributed by atoms with Crippen LogP contribution in [0.3, 0.4) is 0 Å². The number of hydrogen-bond acceptors (Lipinski definition) is 8. The van der Waals surface area contributed by atoms with E-state index in [2.05, 4.69) is 27.1 Å². The average molecular weight is 493 g/mol. The molecule has 0 aliphatic carbocycles. The van der Waals surface area contributed by atoms with Crippen LogP contribution in [0.2, 0.25) is 0 Å². The second-order valence-corrected chi connectivity index (χ2v) is 8.19. The first kappa shape index (κ1) is 24.7. The number of halogens is 3. The molecule has 3 N–H and O–H groups in total. The molecule has 0 saturated carbocycles. The van der Waals surface area contributed by atoms with Gasteiger partial charge in [0, 0.05) is 23.5 Å². The van der Waals surface area contributed by atoms with Gasteiger partial charge in [0.15, 0.2) is 5.75 Å². The molecule has 0 amide bonds. The van der Waals surface area contributed by atoms with Gasteiger partial charge < -0.3 is 14.5 Å². The monoisotopic (exact) mass is 493 g/mol. The van der Waals surface area contributed by atoms with Gasteiger partial charge in [0.2, 0.25) is 15.9 Å². The first-order chi connectivity index (χ1) is 16.0. The second-order valence-electron chi connectivity index (χ2n) is 6.66. The first-order valence-electron chi connectivity index (χ1n) is 9.43. The summed E-state index contributed by atoms with van der Waals surface area (Å²) in [4.78, 5) is 3.43. The molecule has 2 heterocycles. The summed E-state index contributed by atoms with van der Waals surface area (Å²) in [6.45, 7) is 4.63. The zero-order valence-electron chi connectivity index (χ0n) is 17.6. The number of rotatable bonds is 8. The lowest BCUT2D eigenvalue weighted by atomic mass is 10.2. The highest BCUT2D eigenvalue weighted by Crippen LogP contribution is 2.31. The van der Waals surface area contributed by atoms with Crippen LogP contribution in [-0.4, -0.2) is 29.8 Å². The van der Waals surface area contributed by atoms with Crippen LogP contribution < -0.4 is 15.2 Å². The molecule has 0 spiro atoms. The highest BCUT2D eigenvalue weighted by atomic mass is 32.2. The molecule has 13 heteroatoms. The largest absolute Gasteiger partial charge is 0.456 e. The van der Waals surface area contributed by atoms with Crippen LogP contribution in [0.15, 0.2) is 88.1 Å². The van der Waals surface area contributed by atoms with Gasteiger partial charge in [-0.3, -0.25) is 4.98 Å². The standard InChI is InChI=1S/C21H18F3N5O4S/c1-3-5-15(10-13(2)21(22,23)24)27-20-29-28-19(33-20)14-6-4-7-16(11-14)32-17-8-9-26-12-18(17)34(25,30)31/h3-12H,2H2,1H3,(H,27,29)(H2,25,30,31)/b5-3-,15-10+. The fraction of sp³-hybridized carbons (Fsp3) is 0.0952. The predicted octanol–water partition coefficient (Wildman–Crippen LogP) is 4.56. The number of pyridine rings is 1. The maximum Gasteiger partial charge on any atom is 0.415 e. The molecule has 34 heavy (non-hydrogen) atoms. The maximum absolute atomic E-state index is 12.8. The van der Waals surface area contributed by atoms with Crippen LogP contribution in [0.4, 0.5) is 19.2 Å². The Morgan fingerprint density at radius 3 is 2.71 bits per heavy atom. The molecule has 0 aliphatic heterocycles. The molecule has 2 aromatic heterocycles. The van der Waals surface area contributed by atoms with Gasteiger partial charge in [-0.2, -0.15) is 13.2 Å². The highest BCUT2D eigenvalue weighted by Gasteiger charge is 2.30. The van der Waals surface area contributed by atoms with E-state index in [0.717, 1.165) is 12.3 Å². The van der Waals surface area contributed by atoms with Crippen LogP contribution in [-0.2, 0) is 10.0 Å². The van der Waals surface area contributed by atoms with Gasteiger partial charge in [0.05, 0.1) is 11.8 Å². The fourth-order valence-corrected chi connectivity index (χ4v) is 3.17. The normalized spacial score (nSPS) is 12.7. The molecule has 0 radical (unpaired) electrons. The Labute approximate surface area is 192 Å². The number of anilines is 1. The molecular formula is C21H18F3N5O4S. The lowest BCUT2D eigenvalue weighted by molar-refractivity contribution is -0.0878. The Kier molecular flexibility index (Phi) is 7.17. The van der Waals surface area contributed by atoms with Crippen molar-refractivity contribution in [2.45, 2.75) is 18.0 Å². The minimum Gasteiger partial charge on any atom is -0.456 e. The minimum absolute atomic E-state index is 0.0313. The molecule has 0 aliphatic rings. The van der Waals surface area contributed by atoms with Crippen molar-refractivity contribution in [3.63, 3.8) is 0 Å². The van der Waals surface area contributed by atoms with Gasteiger partial charge in [-0.1, -0.05) is 23.8 Å². The number of nitrogens with zero attached hydrogens (tertiary/aromatic N) is 3. The summed E-state index contributed by atoms with van der Waals surface area (Å²) in [5.74, 6) is 0.231. The highest BCUT2D eigenvalue weighted by molar-refractivity contribution is 7.89. The number of allylic oxidation sites excluding steroid dienone is 4. The number of hydrogen-bond donors (Lipinski definition) is 2. The molecule has 0 bridgehead atoms. The zero-order valence-corrected chi connectivity index (χ0v) is 18.4. The number of aromatic nitrogens is 3. The topological polar surface area (TPSA) is 133 Å². The third-order valence-electron chi connectivity index (χ3n) is 4.08. The first-order valence-corrected chi connectivity index (χ1v) is 11.0. The van der Waals surface area contributed by atoms with Crippen molar-refractivity contribution in [3.8, 4) is 23.0 Å². The molecule has 3 rings (SSSR count). The third-order valence-corrected chi connectivity index (χ3v) is 5.00. The quantitative estimate of drug-likeness (QED) is 0.436. The molecule has 178 valence electrons. The lowest BCUT2D eigenvalue weighted by Crippen LogP contribution is -2.13. The number of alkyl halides is 3. The lowest BCUT2D eigenvalue weighted by Gasteiger charge is -2.09. The average Bonchev–Trinajstić information content (AvgIpc) is 3.21. The van der Waals surface area contributed by atoms with Gasteiger partial charge in [-0.15, -0.1) is 5.10 Å². The number of sulfonamides is 1. The van der Waals surface area contributed by atoms with E-state index in [4.69, 9.17) is 14.3 Å². The number of nitrogens with two attached hydrogens (primary N) is 1. The third kappa shape index (κ3) is 6.30. The van der Waals surface area contributed by atoms with Crippen molar-refractivity contribution in [3.05, 3.63) is 78.8 Å². The second kappa shape index (κ2) is 9.89. The molecule has 9 nitrogen and oxygen atoms in total. The van der Waals surface area contributed by atoms with E-state index in [9.17, 15) is 21.6 Å². The molecule has 0 unspecified atom stereocenters. The Morgan fingerprint density at radius 1 is 1.26 bits per heavy atom. The Bertz CT molecular complexity index is 1360. The van der Waals surface area contributed by atoms with E-state index < -0.39 is 21.8 Å². The van der Waals surface area contributed by atoms with Gasteiger partial charge in [0.1, 0.15) is 10.6 Å². The molecule has 0 saturated heterocycles. The number of ether oxygens (including phenoxy) is 1. The summed E-state index contributed by atoms with van der Waals surface area (Å²) in [6.07, 6.45) is 1.52. The van der Waals surface area contributed by atoms with Crippen molar-refractivity contribution >= 4 is 16.0 Å². The van der Waals surface area contributed by atoms with Crippen molar-refractivity contribution in [2.75, 3.05) is 5.32 Å². The van der Waals surface area contributed by atoms with Crippen molar-refractivity contribution in [1.82, 2.24) is 15.2 Å². The van der Waals surface area contributed by atoms with Gasteiger partial charge in [0.25, 0.3) is 0 Å². The minimum atomic E-state index is -4.59. The smallest absolute Gasteiger partial charge is 0.415 e. The number of primary sulfonamides is 1. The summed E-state index contributed by atoms with van der Waals surface area (Å²) in [6, 6.07) is 7.45. The summed E-state index contributed by atoms with van der Waals surface area (Å²) in [5.41, 5.74) is -0.626. The molecule has 1 aromatic carbocycles. The van der Waals surface area contributed by atoms with Gasteiger partial charge in [-0.25, -0.2) is 13.6 Å². The predicted molar refractivity (Wildman–Crippen MR) is 117 cm³/mol. The van der Waals surface area contributed by atoms with Crippen molar-refractivity contribution < 1.29 is 30.7 Å². The zero-order chi connectivity index (χ0) is 24.9. The Balaban J connectivity index is 1.84. The van der Waals surface area contributed by atoms with Gasteiger partial charge in [-0.05, 0) is 37.3 Å². The van der Waals surface area contributed by atoms with Gasteiger partial charge >= 0.3 is 12.2 Å². The molecular weight excluding hydrogens is 475 g/mol. The Hall–Kier alpha value is -3.97. The molecule has 0 atom stereocenters. The van der Waals surface area contributed by atoms with E-state index >= 15 is 0 Å². The summed E-state index contributed by atoms with van der Waals surface area (Å²) >= 11 is 0. The van der Waals surface area contributed by atoms with Crippen LogP contribution in [0.5, 0.6) is 11.5 Å². The number of nitrogens with one attached hydrogen (secondary N) is 1.